The molecule has 1 aliphatic carbocycles. The van der Waals surface area contributed by atoms with Gasteiger partial charge < -0.3 is 0 Å². The molecule has 0 fully saturated rings. The van der Waals surface area contributed by atoms with Crippen molar-refractivity contribution >= 4 is 32.3 Å². The molecule has 0 radical (unpaired) electrons. The minimum atomic E-state index is -0.166. The zero-order chi connectivity index (χ0) is 42.1. The summed E-state index contributed by atoms with van der Waals surface area (Å²) in [5.41, 5.74) is 17.2. The Hall–Kier alpha value is -8.01. The van der Waals surface area contributed by atoms with Gasteiger partial charge in [0, 0.05) is 40.1 Å². The standard InChI is InChI=1S/C60H41N3/c1-60(2)55-35-41-18-7-6-17-40(41)34-54(55)53-27-13-26-52(58(53)60)50-29-28-48(44-22-8-9-23-45(44)50)49-30-31-51(47-25-11-10-24-46(47)49)57-36-56(62-59(63-57)38-15-4-3-5-16-38)42-20-12-19-39(33-42)43-21-14-32-61-37-43/h3-37H,1-2H3. The minimum Gasteiger partial charge on any atom is -0.264 e. The fourth-order valence-electron chi connectivity index (χ4n) is 10.2. The molecule has 0 amide bonds. The van der Waals surface area contributed by atoms with Gasteiger partial charge in [-0.3, -0.25) is 4.98 Å². The van der Waals surface area contributed by atoms with Crippen molar-refractivity contribution in [1.82, 2.24) is 15.0 Å². The fourth-order valence-corrected chi connectivity index (χ4v) is 10.2. The van der Waals surface area contributed by atoms with Crippen molar-refractivity contribution in [3.05, 3.63) is 224 Å². The summed E-state index contributed by atoms with van der Waals surface area (Å²) in [6.45, 7) is 4.78. The minimum absolute atomic E-state index is 0.166. The molecular formula is C60H41N3. The molecule has 11 aromatic rings. The molecule has 0 saturated heterocycles. The lowest BCUT2D eigenvalue weighted by molar-refractivity contribution is 0.663. The first kappa shape index (κ1) is 36.8. The first-order chi connectivity index (χ1) is 31.0. The van der Waals surface area contributed by atoms with Crippen molar-refractivity contribution in [1.29, 1.82) is 0 Å². The summed E-state index contributed by atoms with van der Waals surface area (Å²) in [7, 11) is 0. The van der Waals surface area contributed by atoms with E-state index in [0.29, 0.717) is 5.82 Å². The molecular weight excluding hydrogens is 763 g/mol. The Labute approximate surface area is 367 Å². The molecule has 0 bridgehead atoms. The largest absolute Gasteiger partial charge is 0.264 e. The van der Waals surface area contributed by atoms with Crippen LogP contribution in [0.15, 0.2) is 213 Å². The van der Waals surface area contributed by atoms with Crippen LogP contribution in [0, 0.1) is 0 Å². The Morgan fingerprint density at radius 1 is 0.349 bits per heavy atom. The second kappa shape index (κ2) is 14.6. The number of nitrogens with zero attached hydrogens (tertiary/aromatic N) is 3. The highest BCUT2D eigenvalue weighted by atomic mass is 14.9. The van der Waals surface area contributed by atoms with Gasteiger partial charge >= 0.3 is 0 Å². The molecule has 3 nitrogen and oxygen atoms in total. The summed E-state index contributed by atoms with van der Waals surface area (Å²) in [6.07, 6.45) is 3.71. The topological polar surface area (TPSA) is 38.7 Å². The average molecular weight is 804 g/mol. The van der Waals surface area contributed by atoms with Gasteiger partial charge in [0.15, 0.2) is 5.82 Å². The molecule has 3 heteroatoms. The van der Waals surface area contributed by atoms with Gasteiger partial charge in [0.2, 0.25) is 0 Å². The summed E-state index contributed by atoms with van der Waals surface area (Å²) < 4.78 is 0. The zero-order valence-corrected chi connectivity index (χ0v) is 35.0. The van der Waals surface area contributed by atoms with E-state index in [9.17, 15) is 0 Å². The molecule has 63 heavy (non-hydrogen) atoms. The predicted molar refractivity (Wildman–Crippen MR) is 263 cm³/mol. The van der Waals surface area contributed by atoms with E-state index < -0.39 is 0 Å². The zero-order valence-electron chi connectivity index (χ0n) is 35.0. The van der Waals surface area contributed by atoms with Gasteiger partial charge in [-0.2, -0.15) is 0 Å². The van der Waals surface area contributed by atoms with Crippen molar-refractivity contribution in [2.75, 3.05) is 0 Å². The van der Waals surface area contributed by atoms with Crippen LogP contribution >= 0.6 is 0 Å². The predicted octanol–water partition coefficient (Wildman–Crippen LogP) is 15.6. The van der Waals surface area contributed by atoms with E-state index in [-0.39, 0.29) is 5.41 Å². The van der Waals surface area contributed by atoms with Crippen LogP contribution in [-0.2, 0) is 5.41 Å². The maximum absolute atomic E-state index is 5.28. The van der Waals surface area contributed by atoms with Gasteiger partial charge in [-0.15, -0.1) is 0 Å². The van der Waals surface area contributed by atoms with Gasteiger partial charge in [0.1, 0.15) is 0 Å². The highest BCUT2D eigenvalue weighted by Crippen LogP contribution is 2.54. The lowest BCUT2D eigenvalue weighted by Gasteiger charge is -2.25. The Morgan fingerprint density at radius 2 is 0.873 bits per heavy atom. The highest BCUT2D eigenvalue weighted by Gasteiger charge is 2.38. The van der Waals surface area contributed by atoms with E-state index in [2.05, 4.69) is 195 Å². The summed E-state index contributed by atoms with van der Waals surface area (Å²) in [4.78, 5) is 14.8. The van der Waals surface area contributed by atoms with Crippen LogP contribution in [0.25, 0.3) is 111 Å². The van der Waals surface area contributed by atoms with Gasteiger partial charge in [0.05, 0.1) is 11.4 Å². The summed E-state index contributed by atoms with van der Waals surface area (Å²) in [5.74, 6) is 0.691. The molecule has 0 unspecified atom stereocenters. The lowest BCUT2D eigenvalue weighted by atomic mass is 9.77. The molecule has 0 spiro atoms. The number of benzene rings is 9. The van der Waals surface area contributed by atoms with Gasteiger partial charge in [0.25, 0.3) is 0 Å². The molecule has 12 rings (SSSR count). The van der Waals surface area contributed by atoms with Crippen molar-refractivity contribution in [3.8, 4) is 78.4 Å². The van der Waals surface area contributed by atoms with Crippen LogP contribution < -0.4 is 0 Å². The van der Waals surface area contributed by atoms with Crippen molar-refractivity contribution in [3.63, 3.8) is 0 Å². The molecule has 296 valence electrons. The van der Waals surface area contributed by atoms with Crippen LogP contribution in [0.5, 0.6) is 0 Å². The number of fused-ring (bicyclic) bond motifs is 6. The van der Waals surface area contributed by atoms with Crippen LogP contribution in [0.1, 0.15) is 25.0 Å². The molecule has 9 aromatic carbocycles. The van der Waals surface area contributed by atoms with Crippen LogP contribution in [-0.4, -0.2) is 15.0 Å². The third-order valence-corrected chi connectivity index (χ3v) is 13.2. The Bertz CT molecular complexity index is 3590. The summed E-state index contributed by atoms with van der Waals surface area (Å²) in [5, 5.41) is 7.36. The molecule has 0 saturated carbocycles. The molecule has 0 N–H and O–H groups in total. The third-order valence-electron chi connectivity index (χ3n) is 13.2. The van der Waals surface area contributed by atoms with E-state index in [0.717, 1.165) is 44.6 Å². The van der Waals surface area contributed by atoms with Gasteiger partial charge in [-0.1, -0.05) is 184 Å². The smallest absolute Gasteiger partial charge is 0.160 e. The van der Waals surface area contributed by atoms with Gasteiger partial charge in [-0.25, -0.2) is 9.97 Å². The molecule has 2 aromatic heterocycles. The van der Waals surface area contributed by atoms with Crippen LogP contribution in [0.3, 0.4) is 0 Å². The monoisotopic (exact) mass is 803 g/mol. The average Bonchev–Trinajstić information content (AvgIpc) is 3.57. The number of hydrogen-bond donors (Lipinski definition) is 0. The number of rotatable bonds is 6. The second-order valence-electron chi connectivity index (χ2n) is 17.2. The lowest BCUT2D eigenvalue weighted by Crippen LogP contribution is -2.16. The van der Waals surface area contributed by atoms with Crippen molar-refractivity contribution < 1.29 is 0 Å². The summed E-state index contributed by atoms with van der Waals surface area (Å²) in [6, 6.07) is 72.4. The Balaban J connectivity index is 1.00. The van der Waals surface area contributed by atoms with E-state index in [1.165, 1.54) is 71.4 Å². The van der Waals surface area contributed by atoms with Crippen LogP contribution in [0.2, 0.25) is 0 Å². The first-order valence-electron chi connectivity index (χ1n) is 21.7. The normalized spacial score (nSPS) is 12.7. The number of hydrogen-bond acceptors (Lipinski definition) is 3. The van der Waals surface area contributed by atoms with E-state index in [1.807, 2.05) is 30.5 Å². The van der Waals surface area contributed by atoms with E-state index in [1.54, 1.807) is 6.20 Å². The summed E-state index contributed by atoms with van der Waals surface area (Å²) >= 11 is 0. The molecule has 2 heterocycles. The van der Waals surface area contributed by atoms with Gasteiger partial charge in [-0.05, 0) is 113 Å². The number of aromatic nitrogens is 3. The molecule has 0 atom stereocenters. The van der Waals surface area contributed by atoms with Crippen LogP contribution in [0.4, 0.5) is 0 Å². The Kier molecular flexibility index (Phi) is 8.52. The SMILES string of the molecule is CC1(C)c2cc3ccccc3cc2-c2cccc(-c3ccc(-c4ccc(-c5cc(-c6cccc(-c7cccnc7)c6)nc(-c6ccccc6)n5)c5ccccc45)c4ccccc34)c21. The second-order valence-corrected chi connectivity index (χ2v) is 17.2. The Morgan fingerprint density at radius 3 is 1.56 bits per heavy atom. The fraction of sp³-hybridized carbons (Fsp3) is 0.0500. The first-order valence-corrected chi connectivity index (χ1v) is 21.7. The highest BCUT2D eigenvalue weighted by molar-refractivity contribution is 6.13. The number of pyridine rings is 1. The quantitative estimate of drug-likeness (QED) is 0.168. The maximum Gasteiger partial charge on any atom is 0.160 e. The maximum atomic E-state index is 5.28. The molecule has 0 aliphatic heterocycles. The van der Waals surface area contributed by atoms with E-state index in [4.69, 9.17) is 9.97 Å². The van der Waals surface area contributed by atoms with Crippen molar-refractivity contribution in [2.45, 2.75) is 19.3 Å². The molecule has 1 aliphatic rings. The van der Waals surface area contributed by atoms with E-state index >= 15 is 0 Å². The van der Waals surface area contributed by atoms with Crippen molar-refractivity contribution in [2.24, 2.45) is 0 Å². The third kappa shape index (κ3) is 6.07.